The smallest absolute Gasteiger partial charge is 0.222 e. The maximum Gasteiger partial charge on any atom is 0.222 e. The van der Waals surface area contributed by atoms with Gasteiger partial charge in [-0.05, 0) is 62.3 Å². The number of piperidine rings is 1. The van der Waals surface area contributed by atoms with Crippen molar-refractivity contribution in [3.05, 3.63) is 33.8 Å². The van der Waals surface area contributed by atoms with Crippen molar-refractivity contribution < 1.29 is 4.79 Å². The molecule has 2 saturated heterocycles. The minimum atomic E-state index is 0.215. The van der Waals surface area contributed by atoms with Crippen molar-refractivity contribution in [3.8, 4) is 0 Å². The number of hydrogen-bond donors (Lipinski definition) is 0. The van der Waals surface area contributed by atoms with Crippen LogP contribution in [0.2, 0.25) is 10.0 Å². The Morgan fingerprint density at radius 2 is 2.00 bits per heavy atom. The fraction of sp³-hybridized carbons (Fsp3) is 0.650. The van der Waals surface area contributed by atoms with Crippen molar-refractivity contribution in [1.82, 2.24) is 9.80 Å². The molecule has 0 radical (unpaired) electrons. The van der Waals surface area contributed by atoms with Crippen LogP contribution in [0.5, 0.6) is 0 Å². The fourth-order valence-electron chi connectivity index (χ4n) is 4.66. The van der Waals surface area contributed by atoms with Crippen LogP contribution in [0.15, 0.2) is 18.2 Å². The van der Waals surface area contributed by atoms with E-state index >= 15 is 0 Å². The van der Waals surface area contributed by atoms with E-state index in [0.29, 0.717) is 16.8 Å². The third kappa shape index (κ3) is 3.84. The summed E-state index contributed by atoms with van der Waals surface area (Å²) in [6.45, 7) is 5.26. The molecule has 1 aliphatic carbocycles. The summed E-state index contributed by atoms with van der Waals surface area (Å²) in [5.41, 5.74) is 1.47. The number of rotatable bonds is 5. The van der Waals surface area contributed by atoms with Crippen molar-refractivity contribution >= 4 is 29.1 Å². The highest BCUT2D eigenvalue weighted by Gasteiger charge is 2.47. The molecule has 0 bridgehead atoms. The molecule has 4 rings (SSSR count). The minimum absolute atomic E-state index is 0.215. The standard InChI is InChI=1S/C20H26Cl2N2O/c21-16-5-6-17(18(22)11-16)20(7-8-20)14-23-9-1-3-15(12-23)13-24-10-2-4-19(24)25/h5-6,11,15H,1-4,7-10,12-14H2. The van der Waals surface area contributed by atoms with Crippen molar-refractivity contribution in [2.24, 2.45) is 5.92 Å². The van der Waals surface area contributed by atoms with Crippen LogP contribution in [0, 0.1) is 5.92 Å². The van der Waals surface area contributed by atoms with Gasteiger partial charge in [0.1, 0.15) is 0 Å². The Hall–Kier alpha value is -0.770. The van der Waals surface area contributed by atoms with Crippen LogP contribution < -0.4 is 0 Å². The molecule has 2 aliphatic heterocycles. The van der Waals surface area contributed by atoms with Gasteiger partial charge < -0.3 is 9.80 Å². The lowest BCUT2D eigenvalue weighted by Crippen LogP contribution is -2.44. The van der Waals surface area contributed by atoms with E-state index < -0.39 is 0 Å². The summed E-state index contributed by atoms with van der Waals surface area (Å²) < 4.78 is 0. The number of likely N-dealkylation sites (tertiary alicyclic amines) is 2. The molecule has 1 aromatic carbocycles. The highest BCUT2D eigenvalue weighted by molar-refractivity contribution is 6.35. The number of carbonyl (C=O) groups excluding carboxylic acids is 1. The molecule has 3 aliphatic rings. The van der Waals surface area contributed by atoms with Gasteiger partial charge in [0.05, 0.1) is 0 Å². The largest absolute Gasteiger partial charge is 0.342 e. The SMILES string of the molecule is O=C1CCCN1CC1CCCN(CC2(c3ccc(Cl)cc3Cl)CC2)C1. The first-order chi connectivity index (χ1) is 12.1. The Morgan fingerprint density at radius 1 is 1.16 bits per heavy atom. The number of amides is 1. The number of benzene rings is 1. The summed E-state index contributed by atoms with van der Waals surface area (Å²) >= 11 is 12.5. The second-order valence-corrected chi connectivity index (χ2v) is 8.93. The number of halogens is 2. The van der Waals surface area contributed by atoms with E-state index in [0.717, 1.165) is 50.6 Å². The van der Waals surface area contributed by atoms with Crippen LogP contribution in [-0.4, -0.2) is 48.4 Å². The lowest BCUT2D eigenvalue weighted by Gasteiger charge is -2.37. The second kappa shape index (κ2) is 7.09. The normalized spacial score (nSPS) is 26.2. The second-order valence-electron chi connectivity index (χ2n) is 8.09. The Labute approximate surface area is 160 Å². The fourth-order valence-corrected chi connectivity index (χ4v) is 5.27. The van der Waals surface area contributed by atoms with Gasteiger partial charge in [0, 0.05) is 48.1 Å². The highest BCUT2D eigenvalue weighted by Crippen LogP contribution is 2.51. The highest BCUT2D eigenvalue weighted by atomic mass is 35.5. The Morgan fingerprint density at radius 3 is 2.68 bits per heavy atom. The van der Waals surface area contributed by atoms with Crippen LogP contribution in [0.3, 0.4) is 0 Å². The average Bonchev–Trinajstić information content (AvgIpc) is 3.23. The molecule has 0 spiro atoms. The zero-order chi connectivity index (χ0) is 17.4. The predicted octanol–water partition coefficient (Wildman–Crippen LogP) is 4.36. The molecule has 1 unspecified atom stereocenters. The molecule has 1 saturated carbocycles. The summed E-state index contributed by atoms with van der Waals surface area (Å²) in [6.07, 6.45) is 6.68. The molecule has 1 aromatic rings. The van der Waals surface area contributed by atoms with E-state index in [9.17, 15) is 4.79 Å². The Bertz CT molecular complexity index is 659. The van der Waals surface area contributed by atoms with Gasteiger partial charge >= 0.3 is 0 Å². The van der Waals surface area contributed by atoms with Crippen molar-refractivity contribution in [1.29, 1.82) is 0 Å². The van der Waals surface area contributed by atoms with Gasteiger partial charge in [-0.1, -0.05) is 29.3 Å². The Kier molecular flexibility index (Phi) is 5.00. The third-order valence-corrected chi connectivity index (χ3v) is 6.68. The van der Waals surface area contributed by atoms with Crippen LogP contribution >= 0.6 is 23.2 Å². The third-order valence-electron chi connectivity index (χ3n) is 6.14. The van der Waals surface area contributed by atoms with E-state index in [-0.39, 0.29) is 5.41 Å². The topological polar surface area (TPSA) is 23.6 Å². The minimum Gasteiger partial charge on any atom is -0.342 e. The molecular formula is C20H26Cl2N2O. The number of carbonyl (C=O) groups is 1. The molecule has 5 heteroatoms. The summed E-state index contributed by atoms with van der Waals surface area (Å²) in [6, 6.07) is 5.94. The van der Waals surface area contributed by atoms with Crippen LogP contribution in [0.1, 0.15) is 44.1 Å². The van der Waals surface area contributed by atoms with Crippen LogP contribution in [0.4, 0.5) is 0 Å². The van der Waals surface area contributed by atoms with Gasteiger partial charge in [0.15, 0.2) is 0 Å². The van der Waals surface area contributed by atoms with Crippen LogP contribution in [-0.2, 0) is 10.2 Å². The molecule has 3 fully saturated rings. The summed E-state index contributed by atoms with van der Waals surface area (Å²) in [4.78, 5) is 16.6. The quantitative estimate of drug-likeness (QED) is 0.757. The first-order valence-electron chi connectivity index (χ1n) is 9.51. The average molecular weight is 381 g/mol. The predicted molar refractivity (Wildman–Crippen MR) is 102 cm³/mol. The zero-order valence-corrected chi connectivity index (χ0v) is 16.2. The summed E-state index contributed by atoms with van der Waals surface area (Å²) in [5, 5.41) is 1.51. The van der Waals surface area contributed by atoms with Gasteiger partial charge in [0.25, 0.3) is 0 Å². The number of hydrogen-bond acceptors (Lipinski definition) is 2. The van der Waals surface area contributed by atoms with Gasteiger partial charge in [-0.25, -0.2) is 0 Å². The van der Waals surface area contributed by atoms with Crippen LogP contribution in [0.25, 0.3) is 0 Å². The summed E-state index contributed by atoms with van der Waals surface area (Å²) in [5.74, 6) is 0.969. The van der Waals surface area contributed by atoms with Crippen molar-refractivity contribution in [3.63, 3.8) is 0 Å². The monoisotopic (exact) mass is 380 g/mol. The molecule has 25 heavy (non-hydrogen) atoms. The molecule has 0 aromatic heterocycles. The van der Waals surface area contributed by atoms with E-state index in [2.05, 4.69) is 15.9 Å². The van der Waals surface area contributed by atoms with Gasteiger partial charge in [-0.2, -0.15) is 0 Å². The van der Waals surface area contributed by atoms with E-state index in [4.69, 9.17) is 23.2 Å². The van der Waals surface area contributed by atoms with Gasteiger partial charge in [-0.15, -0.1) is 0 Å². The first kappa shape index (κ1) is 17.6. The first-order valence-corrected chi connectivity index (χ1v) is 10.3. The lowest BCUT2D eigenvalue weighted by atomic mass is 9.92. The molecule has 1 amide bonds. The van der Waals surface area contributed by atoms with Crippen molar-refractivity contribution in [2.45, 2.75) is 43.9 Å². The molecular weight excluding hydrogens is 355 g/mol. The van der Waals surface area contributed by atoms with E-state index in [1.54, 1.807) is 0 Å². The van der Waals surface area contributed by atoms with E-state index in [1.807, 2.05) is 12.1 Å². The molecule has 136 valence electrons. The summed E-state index contributed by atoms with van der Waals surface area (Å²) in [7, 11) is 0. The molecule has 2 heterocycles. The number of nitrogens with zero attached hydrogens (tertiary/aromatic N) is 2. The molecule has 3 nitrogen and oxygen atoms in total. The lowest BCUT2D eigenvalue weighted by molar-refractivity contribution is -0.128. The van der Waals surface area contributed by atoms with Gasteiger partial charge in [-0.3, -0.25) is 4.79 Å². The Balaban J connectivity index is 1.39. The van der Waals surface area contributed by atoms with Gasteiger partial charge in [0.2, 0.25) is 5.91 Å². The maximum atomic E-state index is 11.9. The zero-order valence-electron chi connectivity index (χ0n) is 14.6. The molecule has 0 N–H and O–H groups in total. The van der Waals surface area contributed by atoms with E-state index in [1.165, 1.54) is 31.2 Å². The maximum absolute atomic E-state index is 11.9. The van der Waals surface area contributed by atoms with Crippen molar-refractivity contribution in [2.75, 3.05) is 32.7 Å². The molecule has 1 atom stereocenters.